The summed E-state index contributed by atoms with van der Waals surface area (Å²) in [6.07, 6.45) is 3.41. The van der Waals surface area contributed by atoms with Crippen molar-refractivity contribution in [2.45, 2.75) is 26.7 Å². The lowest BCUT2D eigenvalue weighted by atomic mass is 9.79. The maximum atomic E-state index is 12.3. The summed E-state index contributed by atoms with van der Waals surface area (Å²) in [5, 5.41) is 33.5. The lowest BCUT2D eigenvalue weighted by Crippen LogP contribution is -2.08. The lowest BCUT2D eigenvalue weighted by Gasteiger charge is -2.22. The first-order chi connectivity index (χ1) is 21.0. The highest BCUT2D eigenvalue weighted by Gasteiger charge is 2.38. The van der Waals surface area contributed by atoms with Crippen LogP contribution < -0.4 is 0 Å². The first-order valence-electron chi connectivity index (χ1n) is 13.3. The van der Waals surface area contributed by atoms with E-state index >= 15 is 0 Å². The molecule has 0 aliphatic carbocycles. The highest BCUT2D eigenvalue weighted by Crippen LogP contribution is 2.49. The van der Waals surface area contributed by atoms with Crippen molar-refractivity contribution in [1.82, 2.24) is 10.3 Å². The Bertz CT molecular complexity index is 1790. The van der Waals surface area contributed by atoms with Crippen LogP contribution in [-0.4, -0.2) is 20.2 Å². The number of halogens is 2. The van der Waals surface area contributed by atoms with Crippen LogP contribution >= 0.6 is 23.2 Å². The number of benzene rings is 3. The van der Waals surface area contributed by atoms with Gasteiger partial charge in [0.25, 0.3) is 0 Å². The van der Waals surface area contributed by atoms with E-state index in [0.29, 0.717) is 37.9 Å². The monoisotopic (exact) mass is 630 g/mol. The first-order valence-corrected chi connectivity index (χ1v) is 14.0. The zero-order valence-corrected chi connectivity index (χ0v) is 25.2. The molecule has 0 amide bonds. The Morgan fingerprint density at radius 1 is 0.682 bits per heavy atom. The summed E-state index contributed by atoms with van der Waals surface area (Å²) in [4.78, 5) is 23.5. The van der Waals surface area contributed by atoms with Gasteiger partial charge < -0.3 is 9.05 Å². The predicted octanol–water partition coefficient (Wildman–Crippen LogP) is 9.28. The van der Waals surface area contributed by atoms with Crippen molar-refractivity contribution >= 4 is 57.9 Å². The van der Waals surface area contributed by atoms with Gasteiger partial charge in [0.1, 0.15) is 0 Å². The van der Waals surface area contributed by atoms with Gasteiger partial charge in [0.2, 0.25) is 11.5 Å². The second-order valence-corrected chi connectivity index (χ2v) is 10.9. The van der Waals surface area contributed by atoms with E-state index in [4.69, 9.17) is 32.2 Å². The van der Waals surface area contributed by atoms with Gasteiger partial charge in [0.05, 0.1) is 9.85 Å². The molecule has 0 saturated heterocycles. The van der Waals surface area contributed by atoms with E-state index in [-0.39, 0.29) is 34.3 Å². The molecular formula is C32H24Cl2N4O6. The lowest BCUT2D eigenvalue weighted by molar-refractivity contribution is -0.386. The number of nitrogens with zero attached hydrogens (tertiary/aromatic N) is 4. The van der Waals surface area contributed by atoms with Crippen LogP contribution in [0.25, 0.3) is 23.3 Å². The van der Waals surface area contributed by atoms with Crippen LogP contribution in [0.1, 0.15) is 51.1 Å². The topological polar surface area (TPSA) is 138 Å². The average Bonchev–Trinajstić information content (AvgIpc) is 3.57. The summed E-state index contributed by atoms with van der Waals surface area (Å²) in [5.74, 6) is -1.15. The number of hydrogen-bond acceptors (Lipinski definition) is 8. The Balaban J connectivity index is 1.92. The number of nitro groups is 2. The largest absolute Gasteiger partial charge is 0.349 e. The van der Waals surface area contributed by atoms with Crippen molar-refractivity contribution in [1.29, 1.82) is 0 Å². The number of rotatable bonds is 9. The third-order valence-corrected chi connectivity index (χ3v) is 7.47. The summed E-state index contributed by atoms with van der Waals surface area (Å²) < 4.78 is 11.3. The molecule has 3 aromatic carbocycles. The molecular weight excluding hydrogens is 607 g/mol. The first kappa shape index (κ1) is 30.4. The molecule has 0 saturated carbocycles. The normalized spacial score (nSPS) is 12.1. The molecule has 12 heteroatoms. The fourth-order valence-electron chi connectivity index (χ4n) is 4.86. The van der Waals surface area contributed by atoms with Gasteiger partial charge in [0, 0.05) is 27.1 Å². The third-order valence-electron chi connectivity index (χ3n) is 6.97. The molecule has 0 atom stereocenters. The zero-order chi connectivity index (χ0) is 31.5. The van der Waals surface area contributed by atoms with Crippen molar-refractivity contribution in [3.63, 3.8) is 0 Å². The Kier molecular flexibility index (Phi) is 8.75. The Hall–Kier alpha value is -5.06. The third kappa shape index (κ3) is 6.31. The Morgan fingerprint density at radius 2 is 1.07 bits per heavy atom. The standard InChI is InChI=1S/C32H24Cl2N4O6/c1-18-4-10-23(11-5-18)28(26(16-21-6-12-24(33)13-7-21)31-29(37(39)40)19(2)35-43-31)27(17-22-8-14-25(34)15-9-22)32-30(38(41)42)20(3)36-44-32/h4-17,28H,1-3H3/b26-16-,27-17-. The molecule has 2 aromatic heterocycles. The maximum absolute atomic E-state index is 12.3. The van der Waals surface area contributed by atoms with E-state index in [9.17, 15) is 20.2 Å². The number of hydrogen-bond donors (Lipinski definition) is 0. The minimum absolute atomic E-state index is 0.0689. The number of aromatic nitrogens is 2. The van der Waals surface area contributed by atoms with Gasteiger partial charge >= 0.3 is 11.4 Å². The van der Waals surface area contributed by atoms with E-state index < -0.39 is 15.8 Å². The fourth-order valence-corrected chi connectivity index (χ4v) is 5.11. The van der Waals surface area contributed by atoms with Crippen molar-refractivity contribution in [3.8, 4) is 0 Å². The van der Waals surface area contributed by atoms with Gasteiger partial charge in [-0.25, -0.2) is 0 Å². The summed E-state index contributed by atoms with van der Waals surface area (Å²) in [6.45, 7) is 4.87. The highest BCUT2D eigenvalue weighted by atomic mass is 35.5. The molecule has 0 bridgehead atoms. The van der Waals surface area contributed by atoms with Crippen molar-refractivity contribution in [3.05, 3.63) is 148 Å². The van der Waals surface area contributed by atoms with Crippen LogP contribution in [0, 0.1) is 41.0 Å². The van der Waals surface area contributed by atoms with Crippen molar-refractivity contribution in [2.24, 2.45) is 0 Å². The second kappa shape index (κ2) is 12.7. The average molecular weight is 631 g/mol. The van der Waals surface area contributed by atoms with Gasteiger partial charge in [0.15, 0.2) is 11.4 Å². The second-order valence-electron chi connectivity index (χ2n) is 10.1. The van der Waals surface area contributed by atoms with E-state index in [1.165, 1.54) is 13.8 Å². The quantitative estimate of drug-likeness (QED) is 0.116. The molecule has 222 valence electrons. The molecule has 44 heavy (non-hydrogen) atoms. The van der Waals surface area contributed by atoms with Crippen LogP contribution in [0.3, 0.4) is 0 Å². The van der Waals surface area contributed by atoms with Crippen molar-refractivity contribution in [2.75, 3.05) is 0 Å². The molecule has 5 aromatic rings. The molecule has 0 aliphatic rings. The van der Waals surface area contributed by atoms with Crippen LogP contribution in [0.4, 0.5) is 11.4 Å². The highest BCUT2D eigenvalue weighted by molar-refractivity contribution is 6.30. The zero-order valence-electron chi connectivity index (χ0n) is 23.7. The SMILES string of the molecule is Cc1ccc(C(/C(=C/c2ccc(Cl)cc2)c2onc(C)c2[N+](=O)[O-])/C(=C/c2ccc(Cl)cc2)c2onc(C)c2[N+](=O)[O-])cc1. The summed E-state index contributed by atoms with van der Waals surface area (Å²) >= 11 is 12.3. The molecule has 10 nitrogen and oxygen atoms in total. The summed E-state index contributed by atoms with van der Waals surface area (Å²) in [5.41, 5.74) is 2.94. The van der Waals surface area contributed by atoms with E-state index in [1.54, 1.807) is 60.7 Å². The van der Waals surface area contributed by atoms with Gasteiger partial charge in [-0.05, 0) is 73.9 Å². The fraction of sp³-hybridized carbons (Fsp3) is 0.125. The van der Waals surface area contributed by atoms with Gasteiger partial charge in [-0.1, -0.05) is 87.6 Å². The smallest absolute Gasteiger partial charge is 0.339 e. The maximum Gasteiger partial charge on any atom is 0.339 e. The van der Waals surface area contributed by atoms with Crippen molar-refractivity contribution < 1.29 is 18.9 Å². The van der Waals surface area contributed by atoms with E-state index in [1.807, 2.05) is 31.2 Å². The Labute approximate surface area is 261 Å². The summed E-state index contributed by atoms with van der Waals surface area (Å²) in [6, 6.07) is 21.1. The van der Waals surface area contributed by atoms with Crippen LogP contribution in [0.2, 0.25) is 10.0 Å². The van der Waals surface area contributed by atoms with E-state index in [0.717, 1.165) is 5.56 Å². The number of allylic oxidation sites excluding steroid dienone is 2. The van der Waals surface area contributed by atoms with Gasteiger partial charge in [-0.3, -0.25) is 20.2 Å². The molecule has 2 heterocycles. The summed E-state index contributed by atoms with van der Waals surface area (Å²) in [7, 11) is 0. The molecule has 0 fully saturated rings. The molecule has 0 radical (unpaired) electrons. The van der Waals surface area contributed by atoms with Crippen LogP contribution in [-0.2, 0) is 0 Å². The molecule has 0 N–H and O–H groups in total. The van der Waals surface area contributed by atoms with E-state index in [2.05, 4.69) is 10.3 Å². The van der Waals surface area contributed by atoms with Crippen LogP contribution in [0.15, 0.2) is 81.8 Å². The van der Waals surface area contributed by atoms with Gasteiger partial charge in [-0.2, -0.15) is 0 Å². The molecule has 0 spiro atoms. The van der Waals surface area contributed by atoms with Crippen LogP contribution in [0.5, 0.6) is 0 Å². The van der Waals surface area contributed by atoms with Gasteiger partial charge in [-0.15, -0.1) is 0 Å². The predicted molar refractivity (Wildman–Crippen MR) is 168 cm³/mol. The molecule has 5 rings (SSSR count). The molecule has 0 aliphatic heterocycles. The Morgan fingerprint density at radius 3 is 1.43 bits per heavy atom. The number of aryl methyl sites for hydroxylation is 3. The minimum Gasteiger partial charge on any atom is -0.349 e. The minimum atomic E-state index is -0.918. The molecule has 0 unspecified atom stereocenters.